The highest BCUT2D eigenvalue weighted by atomic mass is 32.1. The minimum Gasteiger partial charge on any atom is -0.477 e. The molecule has 0 aromatic carbocycles. The normalized spacial score (nSPS) is 17.2. The van der Waals surface area contributed by atoms with E-state index in [9.17, 15) is 9.90 Å². The molecule has 0 amide bonds. The van der Waals surface area contributed by atoms with E-state index < -0.39 is 5.97 Å². The van der Waals surface area contributed by atoms with Gasteiger partial charge in [-0.2, -0.15) is 0 Å². The number of rotatable bonds is 4. The number of thiazole rings is 1. The topological polar surface area (TPSA) is 50.2 Å². The molecule has 2 rings (SSSR count). The monoisotopic (exact) mass is 253 g/mol. The molecule has 0 saturated heterocycles. The Morgan fingerprint density at radius 1 is 1.41 bits per heavy atom. The zero-order valence-electron chi connectivity index (χ0n) is 10.2. The summed E-state index contributed by atoms with van der Waals surface area (Å²) >= 11 is 1.38. The van der Waals surface area contributed by atoms with Crippen LogP contribution < -0.4 is 0 Å². The van der Waals surface area contributed by atoms with E-state index in [1.165, 1.54) is 30.6 Å². The summed E-state index contributed by atoms with van der Waals surface area (Å²) < 4.78 is 0. The highest BCUT2D eigenvalue weighted by molar-refractivity contribution is 7.13. The maximum atomic E-state index is 11.3. The number of aromatic nitrogens is 1. The molecule has 0 aliphatic heterocycles. The van der Waals surface area contributed by atoms with Crippen LogP contribution in [0.3, 0.4) is 0 Å². The molecular weight excluding hydrogens is 234 g/mol. The number of carboxylic acid groups (broad SMARTS) is 1. The van der Waals surface area contributed by atoms with Crippen molar-refractivity contribution in [1.29, 1.82) is 0 Å². The second-order valence-corrected chi connectivity index (χ2v) is 5.80. The third kappa shape index (κ3) is 2.86. The highest BCUT2D eigenvalue weighted by Crippen LogP contribution is 2.36. The lowest BCUT2D eigenvalue weighted by Gasteiger charge is -2.20. The maximum absolute atomic E-state index is 11.3. The fourth-order valence-electron chi connectivity index (χ4n) is 2.50. The van der Waals surface area contributed by atoms with Crippen molar-refractivity contribution < 1.29 is 9.90 Å². The van der Waals surface area contributed by atoms with Gasteiger partial charge in [-0.15, -0.1) is 11.3 Å². The summed E-state index contributed by atoms with van der Waals surface area (Å²) in [5.74, 6) is -0.415. The van der Waals surface area contributed by atoms with Crippen LogP contribution in [0, 0.1) is 0 Å². The summed E-state index contributed by atoms with van der Waals surface area (Å²) in [6, 6.07) is 0. The predicted molar refractivity (Wildman–Crippen MR) is 68.9 cm³/mol. The zero-order chi connectivity index (χ0) is 12.3. The van der Waals surface area contributed by atoms with Crippen LogP contribution in [-0.4, -0.2) is 16.1 Å². The Balaban J connectivity index is 2.26. The third-order valence-corrected chi connectivity index (χ3v) is 4.47. The Morgan fingerprint density at radius 3 is 2.71 bits per heavy atom. The largest absolute Gasteiger partial charge is 0.477 e. The quantitative estimate of drug-likeness (QED) is 0.887. The summed E-state index contributed by atoms with van der Waals surface area (Å²) in [5.41, 5.74) is 0.866. The van der Waals surface area contributed by atoms with Gasteiger partial charge in [-0.05, 0) is 25.7 Å². The van der Waals surface area contributed by atoms with E-state index in [4.69, 9.17) is 0 Å². The van der Waals surface area contributed by atoms with E-state index >= 15 is 0 Å². The maximum Gasteiger partial charge on any atom is 0.347 e. The van der Waals surface area contributed by atoms with Gasteiger partial charge in [-0.1, -0.05) is 26.2 Å². The molecule has 1 heterocycles. The number of nitrogens with zero attached hydrogens (tertiary/aromatic N) is 1. The molecule has 0 radical (unpaired) electrons. The number of aryl methyl sites for hydroxylation is 1. The van der Waals surface area contributed by atoms with Crippen LogP contribution in [0.5, 0.6) is 0 Å². The van der Waals surface area contributed by atoms with E-state index in [2.05, 4.69) is 11.9 Å². The lowest BCUT2D eigenvalue weighted by atomic mass is 9.86. The predicted octanol–water partition coefficient (Wildman–Crippen LogP) is 3.84. The average molecular weight is 253 g/mol. The van der Waals surface area contributed by atoms with E-state index in [1.54, 1.807) is 0 Å². The molecule has 1 aliphatic rings. The Morgan fingerprint density at radius 2 is 2.12 bits per heavy atom. The van der Waals surface area contributed by atoms with E-state index in [0.29, 0.717) is 10.8 Å². The zero-order valence-corrected chi connectivity index (χ0v) is 11.1. The van der Waals surface area contributed by atoms with Crippen LogP contribution >= 0.6 is 11.3 Å². The molecule has 1 fully saturated rings. The second kappa shape index (κ2) is 5.63. The standard InChI is InChI=1S/C13H19NO2S/c1-2-6-10-14-11(12(17-10)13(15)16)9-7-4-3-5-8-9/h9H,2-8H2,1H3,(H,15,16). The molecule has 1 aromatic heterocycles. The minimum atomic E-state index is -0.801. The van der Waals surface area contributed by atoms with Gasteiger partial charge in [0, 0.05) is 5.92 Å². The summed E-state index contributed by atoms with van der Waals surface area (Å²) in [6.07, 6.45) is 7.85. The molecule has 4 heteroatoms. The Bertz CT molecular complexity index is 394. The fourth-order valence-corrected chi connectivity index (χ4v) is 3.59. The van der Waals surface area contributed by atoms with Crippen molar-refractivity contribution in [3.8, 4) is 0 Å². The molecule has 3 nitrogen and oxygen atoms in total. The van der Waals surface area contributed by atoms with Gasteiger partial charge in [0.15, 0.2) is 0 Å². The molecular formula is C13H19NO2S. The van der Waals surface area contributed by atoms with Gasteiger partial charge in [0.1, 0.15) is 4.88 Å². The van der Waals surface area contributed by atoms with Crippen LogP contribution in [-0.2, 0) is 6.42 Å². The van der Waals surface area contributed by atoms with Crippen molar-refractivity contribution in [2.24, 2.45) is 0 Å². The summed E-state index contributed by atoms with van der Waals surface area (Å²) in [4.78, 5) is 16.3. The summed E-state index contributed by atoms with van der Waals surface area (Å²) in [5, 5.41) is 10.2. The molecule has 0 atom stereocenters. The van der Waals surface area contributed by atoms with Gasteiger partial charge in [0.25, 0.3) is 0 Å². The van der Waals surface area contributed by atoms with Crippen LogP contribution in [0.25, 0.3) is 0 Å². The van der Waals surface area contributed by atoms with Crippen LogP contribution in [0.1, 0.15) is 71.7 Å². The van der Waals surface area contributed by atoms with E-state index in [-0.39, 0.29) is 0 Å². The smallest absolute Gasteiger partial charge is 0.347 e. The lowest BCUT2D eigenvalue weighted by molar-refractivity contribution is 0.0700. The Kier molecular flexibility index (Phi) is 4.15. The number of hydrogen-bond acceptors (Lipinski definition) is 3. The van der Waals surface area contributed by atoms with Crippen molar-refractivity contribution >= 4 is 17.3 Å². The molecule has 1 N–H and O–H groups in total. The van der Waals surface area contributed by atoms with Gasteiger partial charge >= 0.3 is 5.97 Å². The third-order valence-electron chi connectivity index (χ3n) is 3.35. The first-order valence-corrected chi connectivity index (χ1v) is 7.27. The van der Waals surface area contributed by atoms with Crippen molar-refractivity contribution in [1.82, 2.24) is 4.98 Å². The first-order valence-electron chi connectivity index (χ1n) is 6.45. The van der Waals surface area contributed by atoms with Crippen molar-refractivity contribution in [3.63, 3.8) is 0 Å². The Labute approximate surface area is 106 Å². The van der Waals surface area contributed by atoms with E-state index in [0.717, 1.165) is 36.4 Å². The number of hydrogen-bond donors (Lipinski definition) is 1. The van der Waals surface area contributed by atoms with Gasteiger partial charge in [-0.3, -0.25) is 0 Å². The first-order chi connectivity index (χ1) is 8.22. The highest BCUT2D eigenvalue weighted by Gasteiger charge is 2.25. The number of aromatic carboxylic acids is 1. The van der Waals surface area contributed by atoms with Gasteiger partial charge in [0.05, 0.1) is 10.7 Å². The molecule has 1 aliphatic carbocycles. The van der Waals surface area contributed by atoms with Crippen LogP contribution in [0.4, 0.5) is 0 Å². The molecule has 0 spiro atoms. The summed E-state index contributed by atoms with van der Waals surface area (Å²) in [7, 11) is 0. The van der Waals surface area contributed by atoms with Gasteiger partial charge in [0.2, 0.25) is 0 Å². The Hall–Kier alpha value is -0.900. The van der Waals surface area contributed by atoms with E-state index in [1.807, 2.05) is 0 Å². The molecule has 1 saturated carbocycles. The number of carbonyl (C=O) groups is 1. The second-order valence-electron chi connectivity index (χ2n) is 4.71. The molecule has 17 heavy (non-hydrogen) atoms. The van der Waals surface area contributed by atoms with Crippen LogP contribution in [0.2, 0.25) is 0 Å². The number of carboxylic acids is 1. The summed E-state index contributed by atoms with van der Waals surface area (Å²) in [6.45, 7) is 2.10. The first kappa shape index (κ1) is 12.6. The van der Waals surface area contributed by atoms with Gasteiger partial charge in [-0.25, -0.2) is 9.78 Å². The fraction of sp³-hybridized carbons (Fsp3) is 0.692. The lowest BCUT2D eigenvalue weighted by Crippen LogP contribution is -2.09. The average Bonchev–Trinajstić information content (AvgIpc) is 2.75. The van der Waals surface area contributed by atoms with Crippen molar-refractivity contribution in [3.05, 3.63) is 15.6 Å². The van der Waals surface area contributed by atoms with Crippen LogP contribution in [0.15, 0.2) is 0 Å². The molecule has 0 bridgehead atoms. The molecule has 1 aromatic rings. The minimum absolute atomic E-state index is 0.386. The van der Waals surface area contributed by atoms with Crippen molar-refractivity contribution in [2.75, 3.05) is 0 Å². The SMILES string of the molecule is CCCc1nc(C2CCCCC2)c(C(=O)O)s1. The van der Waals surface area contributed by atoms with Gasteiger partial charge < -0.3 is 5.11 Å². The van der Waals surface area contributed by atoms with Crippen molar-refractivity contribution in [2.45, 2.75) is 57.8 Å². The molecule has 0 unspecified atom stereocenters. The molecule has 94 valence electrons.